The molecule has 25 heavy (non-hydrogen) atoms. The fourth-order valence-electron chi connectivity index (χ4n) is 2.95. The lowest BCUT2D eigenvalue weighted by atomic mass is 10.0. The number of nitrogens with zero attached hydrogens (tertiary/aromatic N) is 1. The fourth-order valence-corrected chi connectivity index (χ4v) is 2.95. The molecule has 5 heteroatoms. The van der Waals surface area contributed by atoms with Gasteiger partial charge >= 0.3 is 0 Å². The molecule has 0 atom stereocenters. The number of fused-ring (bicyclic) bond motifs is 1. The third kappa shape index (κ3) is 4.59. The van der Waals surface area contributed by atoms with Gasteiger partial charge in [0.1, 0.15) is 5.75 Å². The first-order valence-electron chi connectivity index (χ1n) is 8.57. The molecule has 0 radical (unpaired) electrons. The van der Waals surface area contributed by atoms with Gasteiger partial charge in [0.05, 0.1) is 0 Å². The normalized spacial score (nSPS) is 13.0. The maximum Gasteiger partial charge on any atom is 0.257 e. The first-order chi connectivity index (χ1) is 12.2. The number of hydrogen-bond acceptors (Lipinski definition) is 3. The fraction of sp³-hybridized carbons (Fsp3) is 0.300. The summed E-state index contributed by atoms with van der Waals surface area (Å²) in [6, 6.07) is 17.2. The molecule has 1 N–H and O–H groups in total. The molecule has 0 saturated carbocycles. The number of nitrogens with one attached hydrogen (secondary N) is 1. The highest BCUT2D eigenvalue weighted by Crippen LogP contribution is 2.26. The van der Waals surface area contributed by atoms with Crippen molar-refractivity contribution in [3.8, 4) is 5.75 Å². The second-order valence-corrected chi connectivity index (χ2v) is 5.98. The minimum atomic E-state index is -0.226. The van der Waals surface area contributed by atoms with Crippen molar-refractivity contribution in [2.45, 2.75) is 19.3 Å². The van der Waals surface area contributed by atoms with Gasteiger partial charge in [-0.05, 0) is 36.6 Å². The Morgan fingerprint density at radius 1 is 1.04 bits per heavy atom. The standard InChI is InChI=1S/C20H22N2O3/c23-19(15-25-17-9-2-1-3-10-17)21-13-12-20(24)22-14-6-8-16-7-4-5-11-18(16)22/h1-5,7,9-11H,6,8,12-15H2,(H,21,23). The minimum absolute atomic E-state index is 0.0384. The first kappa shape index (κ1) is 17.0. The van der Waals surface area contributed by atoms with Gasteiger partial charge in [-0.3, -0.25) is 9.59 Å². The molecule has 5 nitrogen and oxygen atoms in total. The van der Waals surface area contributed by atoms with E-state index in [-0.39, 0.29) is 24.8 Å². The monoisotopic (exact) mass is 338 g/mol. The van der Waals surface area contributed by atoms with Crippen molar-refractivity contribution in [1.82, 2.24) is 5.32 Å². The molecule has 0 unspecified atom stereocenters. The number of carbonyl (C=O) groups is 2. The summed E-state index contributed by atoms with van der Waals surface area (Å²) >= 11 is 0. The summed E-state index contributed by atoms with van der Waals surface area (Å²) in [4.78, 5) is 26.1. The quantitative estimate of drug-likeness (QED) is 0.881. The Hall–Kier alpha value is -2.82. The van der Waals surface area contributed by atoms with Gasteiger partial charge in [0, 0.05) is 25.2 Å². The van der Waals surface area contributed by atoms with E-state index in [0.29, 0.717) is 12.3 Å². The Kier molecular flexibility index (Phi) is 5.67. The molecular formula is C20H22N2O3. The van der Waals surface area contributed by atoms with Crippen LogP contribution in [0.25, 0.3) is 0 Å². The van der Waals surface area contributed by atoms with Crippen LogP contribution in [0.4, 0.5) is 5.69 Å². The Morgan fingerprint density at radius 2 is 1.80 bits per heavy atom. The molecule has 0 fully saturated rings. The van der Waals surface area contributed by atoms with E-state index in [1.54, 1.807) is 12.1 Å². The average Bonchev–Trinajstić information content (AvgIpc) is 2.66. The highest BCUT2D eigenvalue weighted by atomic mass is 16.5. The van der Waals surface area contributed by atoms with Gasteiger partial charge in [0.2, 0.25) is 5.91 Å². The lowest BCUT2D eigenvalue weighted by Gasteiger charge is -2.29. The second-order valence-electron chi connectivity index (χ2n) is 5.98. The van der Waals surface area contributed by atoms with Crippen LogP contribution >= 0.6 is 0 Å². The van der Waals surface area contributed by atoms with Gasteiger partial charge in [-0.25, -0.2) is 0 Å². The summed E-state index contributed by atoms with van der Waals surface area (Å²) < 4.78 is 5.38. The van der Waals surface area contributed by atoms with Crippen molar-refractivity contribution in [3.05, 3.63) is 60.2 Å². The van der Waals surface area contributed by atoms with Gasteiger partial charge in [-0.2, -0.15) is 0 Å². The Labute approximate surface area is 147 Å². The third-order valence-electron chi connectivity index (χ3n) is 4.19. The smallest absolute Gasteiger partial charge is 0.257 e. The first-order valence-corrected chi connectivity index (χ1v) is 8.57. The lowest BCUT2D eigenvalue weighted by molar-refractivity contribution is -0.123. The molecule has 2 amide bonds. The van der Waals surface area contributed by atoms with E-state index >= 15 is 0 Å². The second kappa shape index (κ2) is 8.33. The average molecular weight is 338 g/mol. The highest BCUT2D eigenvalue weighted by molar-refractivity contribution is 5.94. The van der Waals surface area contributed by atoms with Crippen molar-refractivity contribution in [2.75, 3.05) is 24.6 Å². The van der Waals surface area contributed by atoms with Crippen LogP contribution in [0.2, 0.25) is 0 Å². The molecule has 2 aromatic carbocycles. The van der Waals surface area contributed by atoms with Crippen LogP contribution in [-0.4, -0.2) is 31.5 Å². The van der Waals surface area contributed by atoms with Crippen LogP contribution in [-0.2, 0) is 16.0 Å². The number of aryl methyl sites for hydroxylation is 1. The van der Waals surface area contributed by atoms with E-state index in [1.807, 2.05) is 41.3 Å². The number of carbonyl (C=O) groups excluding carboxylic acids is 2. The molecule has 0 bridgehead atoms. The zero-order valence-electron chi connectivity index (χ0n) is 14.1. The van der Waals surface area contributed by atoms with Gasteiger partial charge in [-0.15, -0.1) is 0 Å². The van der Waals surface area contributed by atoms with E-state index in [9.17, 15) is 9.59 Å². The third-order valence-corrected chi connectivity index (χ3v) is 4.19. The molecule has 3 rings (SSSR count). The number of para-hydroxylation sites is 2. The van der Waals surface area contributed by atoms with Crippen molar-refractivity contribution in [1.29, 1.82) is 0 Å². The molecule has 0 spiro atoms. The maximum absolute atomic E-state index is 12.5. The summed E-state index contributed by atoms with van der Waals surface area (Å²) in [7, 11) is 0. The van der Waals surface area contributed by atoms with Crippen LogP contribution in [0.1, 0.15) is 18.4 Å². The molecule has 1 heterocycles. The van der Waals surface area contributed by atoms with Crippen molar-refractivity contribution >= 4 is 17.5 Å². The van der Waals surface area contributed by atoms with Gasteiger partial charge in [-0.1, -0.05) is 36.4 Å². The Morgan fingerprint density at radius 3 is 2.64 bits per heavy atom. The Balaban J connectivity index is 1.43. The number of rotatable bonds is 6. The lowest BCUT2D eigenvalue weighted by Crippen LogP contribution is -2.38. The minimum Gasteiger partial charge on any atom is -0.484 e. The predicted octanol–water partition coefficient (Wildman–Crippen LogP) is 2.55. The predicted molar refractivity (Wildman–Crippen MR) is 96.7 cm³/mol. The SMILES string of the molecule is O=C(COc1ccccc1)NCCC(=O)N1CCCc2ccccc21. The Bertz CT molecular complexity index is 731. The molecule has 130 valence electrons. The van der Waals surface area contributed by atoms with Crippen LogP contribution in [0.15, 0.2) is 54.6 Å². The number of amides is 2. The van der Waals surface area contributed by atoms with Crippen LogP contribution in [0.5, 0.6) is 5.75 Å². The van der Waals surface area contributed by atoms with Crippen molar-refractivity contribution in [2.24, 2.45) is 0 Å². The summed E-state index contributed by atoms with van der Waals surface area (Å²) in [5.74, 6) is 0.464. The van der Waals surface area contributed by atoms with Gasteiger partial charge in [0.25, 0.3) is 5.91 Å². The number of hydrogen-bond donors (Lipinski definition) is 1. The molecule has 1 aliphatic rings. The molecular weight excluding hydrogens is 316 g/mol. The van der Waals surface area contributed by atoms with Crippen molar-refractivity contribution in [3.63, 3.8) is 0 Å². The zero-order valence-corrected chi connectivity index (χ0v) is 14.1. The molecule has 1 aliphatic heterocycles. The van der Waals surface area contributed by atoms with Gasteiger partial charge < -0.3 is 15.0 Å². The zero-order chi connectivity index (χ0) is 17.5. The van der Waals surface area contributed by atoms with E-state index in [2.05, 4.69) is 11.4 Å². The van der Waals surface area contributed by atoms with E-state index in [4.69, 9.17) is 4.74 Å². The van der Waals surface area contributed by atoms with Crippen LogP contribution in [0.3, 0.4) is 0 Å². The van der Waals surface area contributed by atoms with E-state index in [1.165, 1.54) is 5.56 Å². The largest absolute Gasteiger partial charge is 0.484 e. The summed E-state index contributed by atoms with van der Waals surface area (Å²) in [5, 5.41) is 2.74. The maximum atomic E-state index is 12.5. The molecule has 0 aromatic heterocycles. The van der Waals surface area contributed by atoms with Gasteiger partial charge in [0.15, 0.2) is 6.61 Å². The van der Waals surface area contributed by atoms with E-state index < -0.39 is 0 Å². The van der Waals surface area contributed by atoms with Crippen LogP contribution in [0, 0.1) is 0 Å². The highest BCUT2D eigenvalue weighted by Gasteiger charge is 2.21. The number of benzene rings is 2. The summed E-state index contributed by atoms with van der Waals surface area (Å²) in [6.45, 7) is 1.00. The van der Waals surface area contributed by atoms with Crippen LogP contribution < -0.4 is 15.0 Å². The van der Waals surface area contributed by atoms with Crippen molar-refractivity contribution < 1.29 is 14.3 Å². The molecule has 2 aromatic rings. The molecule has 0 saturated heterocycles. The summed E-state index contributed by atoms with van der Waals surface area (Å²) in [6.07, 6.45) is 2.26. The van der Waals surface area contributed by atoms with E-state index in [0.717, 1.165) is 25.1 Å². The topological polar surface area (TPSA) is 58.6 Å². The molecule has 0 aliphatic carbocycles. The number of ether oxygens (including phenoxy) is 1. The summed E-state index contributed by atoms with van der Waals surface area (Å²) in [5.41, 5.74) is 2.21. The number of anilines is 1.